The lowest BCUT2D eigenvalue weighted by Crippen LogP contribution is -2.40. The predicted molar refractivity (Wildman–Crippen MR) is 157 cm³/mol. The number of methoxy groups -OCH3 is 2. The molecule has 0 aliphatic heterocycles. The highest BCUT2D eigenvalue weighted by molar-refractivity contribution is 9.10. The fourth-order valence-electron chi connectivity index (χ4n) is 3.93. The zero-order valence-electron chi connectivity index (χ0n) is 22.2. The summed E-state index contributed by atoms with van der Waals surface area (Å²) in [6.07, 6.45) is 4.32. The van der Waals surface area contributed by atoms with Crippen LogP contribution in [0.15, 0.2) is 82.6 Å². The number of rotatable bonds is 11. The van der Waals surface area contributed by atoms with Gasteiger partial charge in [-0.3, -0.25) is 14.2 Å². The first kappa shape index (κ1) is 30.7. The van der Waals surface area contributed by atoms with Crippen molar-refractivity contribution in [3.8, 4) is 0 Å². The number of hydrogen-bond donors (Lipinski definition) is 0. The third-order valence-corrected chi connectivity index (χ3v) is 8.73. The Morgan fingerprint density at radius 3 is 2.30 bits per heavy atom. The first-order chi connectivity index (χ1) is 19.0. The van der Waals surface area contributed by atoms with Crippen molar-refractivity contribution in [1.29, 1.82) is 0 Å². The van der Waals surface area contributed by atoms with E-state index in [0.29, 0.717) is 5.56 Å². The summed E-state index contributed by atoms with van der Waals surface area (Å²) in [5, 5.41) is -1.23. The molecule has 0 N–H and O–H groups in total. The van der Waals surface area contributed by atoms with Gasteiger partial charge in [-0.15, -0.1) is 6.58 Å². The number of nitrogens with zero attached hydrogens (tertiary/aromatic N) is 2. The van der Waals surface area contributed by atoms with E-state index in [9.17, 15) is 22.8 Å². The van der Waals surface area contributed by atoms with E-state index >= 15 is 0 Å². The van der Waals surface area contributed by atoms with Crippen LogP contribution in [0.2, 0.25) is 0 Å². The lowest BCUT2D eigenvalue weighted by molar-refractivity contribution is -0.140. The number of carbonyl (C=O) groups excluding carboxylic acids is 2. The molecule has 0 saturated carbocycles. The molecule has 3 aromatic rings. The summed E-state index contributed by atoms with van der Waals surface area (Å²) in [6, 6.07) is 17.2. The molecule has 1 unspecified atom stereocenters. The lowest BCUT2D eigenvalue weighted by Gasteiger charge is -2.27. The van der Waals surface area contributed by atoms with Gasteiger partial charge in [0.05, 0.1) is 36.5 Å². The van der Waals surface area contributed by atoms with Gasteiger partial charge in [0.1, 0.15) is 11.8 Å². The van der Waals surface area contributed by atoms with E-state index in [1.165, 1.54) is 25.5 Å². The van der Waals surface area contributed by atoms with Crippen LogP contribution in [0.5, 0.6) is 0 Å². The first-order valence-electron chi connectivity index (χ1n) is 12.0. The number of aryl methyl sites for hydroxylation is 1. The van der Waals surface area contributed by atoms with Crippen LogP contribution < -0.4 is 5.56 Å². The Bertz CT molecular complexity index is 1580. The molecule has 9 nitrogen and oxygen atoms in total. The largest absolute Gasteiger partial charge is 0.468 e. The smallest absolute Gasteiger partial charge is 0.339 e. The van der Waals surface area contributed by atoms with E-state index < -0.39 is 45.9 Å². The van der Waals surface area contributed by atoms with Gasteiger partial charge in [-0.25, -0.2) is 13.2 Å². The molecule has 11 heteroatoms. The summed E-state index contributed by atoms with van der Waals surface area (Å²) in [4.78, 5) is 38.5. The standard InChI is InChI=1S/C29H29BrN2O7S/c1-5-26(22-13-11-20(2)12-14-22)40(36,37)31(19-27(33)38-3)18-25-23(29(35)39-4)17-24(30)28(34)32(25)16-15-21-9-7-6-8-10-21/h5-17,26H,1,18-19H2,2-4H3. The topological polar surface area (TPSA) is 112 Å². The maximum atomic E-state index is 14.0. The van der Waals surface area contributed by atoms with E-state index in [-0.39, 0.29) is 15.7 Å². The predicted octanol–water partition coefficient (Wildman–Crippen LogP) is 4.57. The van der Waals surface area contributed by atoms with Crippen LogP contribution in [-0.4, -0.2) is 50.0 Å². The third kappa shape index (κ3) is 7.04. The Morgan fingerprint density at radius 1 is 1.07 bits per heavy atom. The Labute approximate surface area is 241 Å². The highest BCUT2D eigenvalue weighted by atomic mass is 79.9. The van der Waals surface area contributed by atoms with E-state index in [1.54, 1.807) is 30.3 Å². The summed E-state index contributed by atoms with van der Waals surface area (Å²) in [6.45, 7) is 4.38. The molecule has 0 saturated heterocycles. The summed E-state index contributed by atoms with van der Waals surface area (Å²) in [5.41, 5.74) is 1.49. The molecule has 1 aromatic heterocycles. The van der Waals surface area contributed by atoms with Crippen molar-refractivity contribution in [3.63, 3.8) is 0 Å². The Morgan fingerprint density at radius 2 is 1.73 bits per heavy atom. The Hall–Kier alpha value is -3.80. The Balaban J connectivity index is 2.23. The molecule has 0 amide bonds. The normalized spacial score (nSPS) is 12.3. The van der Waals surface area contributed by atoms with Crippen molar-refractivity contribution in [1.82, 2.24) is 8.87 Å². The quantitative estimate of drug-likeness (QED) is 0.226. The molecule has 210 valence electrons. The fourth-order valence-corrected chi connectivity index (χ4v) is 6.00. The SMILES string of the molecule is C=CC(c1ccc(C)cc1)S(=O)(=O)N(CC(=O)OC)Cc1c(C(=O)OC)cc(Br)c(=O)n1C=Cc1ccccc1. The van der Waals surface area contributed by atoms with Crippen molar-refractivity contribution >= 4 is 50.2 Å². The van der Waals surface area contributed by atoms with E-state index in [2.05, 4.69) is 22.5 Å². The molecule has 0 fully saturated rings. The van der Waals surface area contributed by atoms with Crippen LogP contribution in [0.25, 0.3) is 12.3 Å². The molecule has 0 bridgehead atoms. The van der Waals surface area contributed by atoms with Crippen molar-refractivity contribution < 1.29 is 27.5 Å². The van der Waals surface area contributed by atoms with Gasteiger partial charge in [0.2, 0.25) is 10.0 Å². The number of pyridine rings is 1. The summed E-state index contributed by atoms with van der Waals surface area (Å²) >= 11 is 3.19. The number of carbonyl (C=O) groups is 2. The minimum absolute atomic E-state index is 0.00794. The highest BCUT2D eigenvalue weighted by Gasteiger charge is 2.35. The van der Waals surface area contributed by atoms with Crippen molar-refractivity contribution in [2.24, 2.45) is 0 Å². The number of ether oxygens (including phenoxy) is 2. The van der Waals surface area contributed by atoms with Crippen LogP contribution in [0.4, 0.5) is 0 Å². The molecule has 2 aromatic carbocycles. The van der Waals surface area contributed by atoms with Crippen molar-refractivity contribution in [2.45, 2.75) is 18.7 Å². The van der Waals surface area contributed by atoms with Crippen LogP contribution in [-0.2, 0) is 30.8 Å². The van der Waals surface area contributed by atoms with Crippen LogP contribution in [0.1, 0.15) is 38.0 Å². The van der Waals surface area contributed by atoms with Crippen LogP contribution >= 0.6 is 15.9 Å². The van der Waals surface area contributed by atoms with Crippen LogP contribution in [0, 0.1) is 6.92 Å². The second-order valence-corrected chi connectivity index (χ2v) is 11.6. The van der Waals surface area contributed by atoms with E-state index in [1.807, 2.05) is 37.3 Å². The summed E-state index contributed by atoms with van der Waals surface area (Å²) in [5.74, 6) is -1.63. The molecule has 0 spiro atoms. The molecular weight excluding hydrogens is 600 g/mol. The second kappa shape index (κ2) is 13.5. The fraction of sp³-hybridized carbons (Fsp3) is 0.207. The van der Waals surface area contributed by atoms with Crippen molar-refractivity contribution in [3.05, 3.63) is 116 Å². The maximum Gasteiger partial charge on any atom is 0.339 e. The van der Waals surface area contributed by atoms with E-state index in [0.717, 1.165) is 27.1 Å². The third-order valence-electron chi connectivity index (χ3n) is 6.08. The number of aromatic nitrogens is 1. The van der Waals surface area contributed by atoms with Gasteiger partial charge in [0.25, 0.3) is 5.56 Å². The molecule has 3 rings (SSSR count). The van der Waals surface area contributed by atoms with Gasteiger partial charge in [-0.2, -0.15) is 4.31 Å². The highest BCUT2D eigenvalue weighted by Crippen LogP contribution is 2.29. The molecular formula is C29H29BrN2O7S. The second-order valence-electron chi connectivity index (χ2n) is 8.70. The van der Waals surface area contributed by atoms with Gasteiger partial charge in [-0.05, 0) is 46.1 Å². The van der Waals surface area contributed by atoms with Gasteiger partial charge in [-0.1, -0.05) is 66.2 Å². The van der Waals surface area contributed by atoms with Gasteiger partial charge in [0, 0.05) is 6.20 Å². The van der Waals surface area contributed by atoms with Crippen molar-refractivity contribution in [2.75, 3.05) is 20.8 Å². The minimum atomic E-state index is -4.33. The van der Waals surface area contributed by atoms with E-state index in [4.69, 9.17) is 9.47 Å². The average Bonchev–Trinajstić information content (AvgIpc) is 2.95. The van der Waals surface area contributed by atoms with Crippen LogP contribution in [0.3, 0.4) is 0 Å². The molecule has 0 aliphatic carbocycles. The molecule has 1 heterocycles. The number of benzene rings is 2. The number of halogens is 1. The summed E-state index contributed by atoms with van der Waals surface area (Å²) in [7, 11) is -2.02. The number of hydrogen-bond acceptors (Lipinski definition) is 7. The number of sulfonamides is 1. The molecule has 1 atom stereocenters. The van der Waals surface area contributed by atoms with Gasteiger partial charge < -0.3 is 9.47 Å². The van der Waals surface area contributed by atoms with Gasteiger partial charge >= 0.3 is 11.9 Å². The minimum Gasteiger partial charge on any atom is -0.468 e. The molecule has 0 radical (unpaired) electrons. The zero-order chi connectivity index (χ0) is 29.4. The van der Waals surface area contributed by atoms with Gasteiger partial charge in [0.15, 0.2) is 0 Å². The number of esters is 2. The zero-order valence-corrected chi connectivity index (χ0v) is 24.6. The molecule has 0 aliphatic rings. The monoisotopic (exact) mass is 628 g/mol. The Kier molecular flexibility index (Phi) is 10.4. The molecule has 40 heavy (non-hydrogen) atoms. The average molecular weight is 630 g/mol. The first-order valence-corrected chi connectivity index (χ1v) is 14.3. The summed E-state index contributed by atoms with van der Waals surface area (Å²) < 4.78 is 39.8. The maximum absolute atomic E-state index is 14.0. The lowest BCUT2D eigenvalue weighted by atomic mass is 10.1.